The first-order valence-electron chi connectivity index (χ1n) is 7.40. The van der Waals surface area contributed by atoms with Gasteiger partial charge >= 0.3 is 5.97 Å². The maximum atomic E-state index is 13.5. The maximum Gasteiger partial charge on any atom is 0.338 e. The molecule has 0 spiro atoms. The number of carbonyl (C=O) groups excluding carboxylic acids is 1. The minimum absolute atomic E-state index is 0.0919. The summed E-state index contributed by atoms with van der Waals surface area (Å²) in [6.45, 7) is 1.79. The van der Waals surface area contributed by atoms with E-state index in [9.17, 15) is 9.18 Å². The Morgan fingerprint density at radius 2 is 2.33 bits per heavy atom. The highest BCUT2D eigenvalue weighted by molar-refractivity contribution is 7.12. The lowest BCUT2D eigenvalue weighted by molar-refractivity contribution is -0.136. The molecule has 1 N–H and O–H groups in total. The van der Waals surface area contributed by atoms with Crippen LogP contribution in [-0.4, -0.2) is 31.1 Å². The second kappa shape index (κ2) is 6.91. The second-order valence-electron chi connectivity index (χ2n) is 5.45. The molecular formula is C17H16ClFN2O2S. The average Bonchev–Trinajstić information content (AvgIpc) is 3.08. The van der Waals surface area contributed by atoms with Crippen LogP contribution in [0.3, 0.4) is 0 Å². The number of aliphatic imine (C=N–C) groups is 1. The molecule has 7 heteroatoms. The molecule has 2 aliphatic rings. The molecule has 1 aliphatic heterocycles. The fourth-order valence-corrected chi connectivity index (χ4v) is 3.70. The van der Waals surface area contributed by atoms with E-state index in [0.717, 1.165) is 4.88 Å². The number of halogens is 2. The van der Waals surface area contributed by atoms with E-state index in [1.807, 2.05) is 17.5 Å². The number of alkyl halides is 1. The molecule has 1 aliphatic carbocycles. The monoisotopic (exact) mass is 366 g/mol. The Bertz CT molecular complexity index is 781. The summed E-state index contributed by atoms with van der Waals surface area (Å²) in [4.78, 5) is 17.9. The van der Waals surface area contributed by atoms with Gasteiger partial charge in [-0.2, -0.15) is 0 Å². The molecule has 1 aromatic heterocycles. The molecule has 0 aromatic carbocycles. The van der Waals surface area contributed by atoms with Crippen LogP contribution in [-0.2, 0) is 9.53 Å². The zero-order chi connectivity index (χ0) is 17.3. The molecule has 0 amide bonds. The van der Waals surface area contributed by atoms with Gasteiger partial charge < -0.3 is 10.1 Å². The van der Waals surface area contributed by atoms with E-state index in [2.05, 4.69) is 10.3 Å². The first kappa shape index (κ1) is 16.9. The third-order valence-corrected chi connectivity index (χ3v) is 5.12. The van der Waals surface area contributed by atoms with Gasteiger partial charge in [0.25, 0.3) is 0 Å². The quantitative estimate of drug-likeness (QED) is 0.830. The van der Waals surface area contributed by atoms with Gasteiger partial charge in [-0.1, -0.05) is 23.7 Å². The zero-order valence-electron chi connectivity index (χ0n) is 13.2. The molecule has 0 saturated carbocycles. The molecule has 2 heterocycles. The first-order chi connectivity index (χ1) is 11.5. The van der Waals surface area contributed by atoms with Crippen LogP contribution in [0.5, 0.6) is 0 Å². The SMILES string of the molecule is COC(=O)C1=C(C)NC(c2cccs2)=N[C@H]1C1=C(Cl)CC(F)C=C1. The van der Waals surface area contributed by atoms with Gasteiger partial charge in [-0.05, 0) is 30.0 Å². The molecule has 0 radical (unpaired) electrons. The van der Waals surface area contributed by atoms with Crippen molar-refractivity contribution >= 4 is 34.7 Å². The molecule has 0 fully saturated rings. The van der Waals surface area contributed by atoms with Crippen LogP contribution in [0, 0.1) is 0 Å². The number of nitrogens with zero attached hydrogens (tertiary/aromatic N) is 1. The van der Waals surface area contributed by atoms with Gasteiger partial charge in [0.05, 0.1) is 17.6 Å². The minimum atomic E-state index is -1.12. The Balaban J connectivity index is 2.08. The summed E-state index contributed by atoms with van der Waals surface area (Å²) in [6.07, 6.45) is 2.02. The van der Waals surface area contributed by atoms with Gasteiger partial charge in [0.15, 0.2) is 0 Å². The zero-order valence-corrected chi connectivity index (χ0v) is 14.7. The summed E-state index contributed by atoms with van der Waals surface area (Å²) < 4.78 is 18.4. The molecule has 4 nitrogen and oxygen atoms in total. The third kappa shape index (κ3) is 3.16. The summed E-state index contributed by atoms with van der Waals surface area (Å²) in [5.41, 5.74) is 1.66. The number of methoxy groups -OCH3 is 1. The van der Waals surface area contributed by atoms with Gasteiger partial charge in [-0.3, -0.25) is 4.99 Å². The third-order valence-electron chi connectivity index (χ3n) is 3.87. The average molecular weight is 367 g/mol. The number of carbonyl (C=O) groups is 1. The van der Waals surface area contributed by atoms with E-state index in [-0.39, 0.29) is 6.42 Å². The number of thiophene rings is 1. The van der Waals surface area contributed by atoms with Crippen molar-refractivity contribution in [3.63, 3.8) is 0 Å². The molecule has 0 saturated heterocycles. The van der Waals surface area contributed by atoms with Crippen molar-refractivity contribution in [1.29, 1.82) is 0 Å². The Hall–Kier alpha value is -1.92. The lowest BCUT2D eigenvalue weighted by atomic mass is 9.91. The van der Waals surface area contributed by atoms with Crippen LogP contribution < -0.4 is 5.32 Å². The predicted molar refractivity (Wildman–Crippen MR) is 94.0 cm³/mol. The van der Waals surface area contributed by atoms with Crippen LogP contribution in [0.15, 0.2) is 56.5 Å². The van der Waals surface area contributed by atoms with Gasteiger partial charge in [0.1, 0.15) is 18.0 Å². The number of allylic oxidation sites excluding steroid dienone is 3. The lowest BCUT2D eigenvalue weighted by Gasteiger charge is -2.28. The summed E-state index contributed by atoms with van der Waals surface area (Å²) in [6, 6.07) is 3.25. The number of nitrogens with one attached hydrogen (secondary N) is 1. The number of ether oxygens (including phenoxy) is 1. The summed E-state index contributed by atoms with van der Waals surface area (Å²) in [7, 11) is 1.32. The maximum absolute atomic E-state index is 13.5. The van der Waals surface area contributed by atoms with Gasteiger partial charge in [0, 0.05) is 17.2 Å². The Morgan fingerprint density at radius 1 is 1.54 bits per heavy atom. The highest BCUT2D eigenvalue weighted by Crippen LogP contribution is 2.33. The van der Waals surface area contributed by atoms with E-state index < -0.39 is 18.2 Å². The van der Waals surface area contributed by atoms with Crippen LogP contribution in [0.2, 0.25) is 0 Å². The van der Waals surface area contributed by atoms with Gasteiger partial charge in [-0.15, -0.1) is 11.3 Å². The van der Waals surface area contributed by atoms with Crippen molar-refractivity contribution in [3.05, 3.63) is 56.4 Å². The number of hydrogen-bond donors (Lipinski definition) is 1. The van der Waals surface area contributed by atoms with E-state index in [1.165, 1.54) is 24.5 Å². The van der Waals surface area contributed by atoms with Crippen LogP contribution in [0.4, 0.5) is 4.39 Å². The van der Waals surface area contributed by atoms with Crippen molar-refractivity contribution in [2.45, 2.75) is 25.6 Å². The first-order valence-corrected chi connectivity index (χ1v) is 8.65. The largest absolute Gasteiger partial charge is 0.466 e. The number of amidine groups is 1. The second-order valence-corrected chi connectivity index (χ2v) is 6.86. The van der Waals surface area contributed by atoms with E-state index in [1.54, 1.807) is 13.0 Å². The molecule has 126 valence electrons. The Kier molecular flexibility index (Phi) is 4.87. The molecule has 1 unspecified atom stereocenters. The van der Waals surface area contributed by atoms with E-state index in [4.69, 9.17) is 16.3 Å². The van der Waals surface area contributed by atoms with Crippen LogP contribution in [0.1, 0.15) is 18.2 Å². The molecule has 1 aromatic rings. The van der Waals surface area contributed by atoms with Gasteiger partial charge in [-0.25, -0.2) is 9.18 Å². The number of rotatable bonds is 3. The lowest BCUT2D eigenvalue weighted by Crippen LogP contribution is -2.36. The van der Waals surface area contributed by atoms with Gasteiger partial charge in [0.2, 0.25) is 0 Å². The Labute approximate surface area is 148 Å². The summed E-state index contributed by atoms with van der Waals surface area (Å²) in [5.74, 6) is 0.180. The van der Waals surface area contributed by atoms with Crippen molar-refractivity contribution in [1.82, 2.24) is 5.32 Å². The normalized spacial score (nSPS) is 23.9. The molecule has 24 heavy (non-hydrogen) atoms. The number of hydrogen-bond acceptors (Lipinski definition) is 5. The standard InChI is InChI=1S/C17H16ClFN2O2S/c1-9-14(17(22)23-2)15(11-6-5-10(19)8-12(11)18)21-16(20-9)13-4-3-7-24-13/h3-7,10,15H,8H2,1-2H3,(H,20,21)/t10?,15-/m0/s1. The Morgan fingerprint density at radius 3 is 2.96 bits per heavy atom. The molecule has 3 rings (SSSR count). The number of esters is 1. The van der Waals surface area contributed by atoms with E-state index in [0.29, 0.717) is 27.7 Å². The van der Waals surface area contributed by atoms with Crippen molar-refractivity contribution < 1.29 is 13.9 Å². The fraction of sp³-hybridized carbons (Fsp3) is 0.294. The van der Waals surface area contributed by atoms with Crippen LogP contribution in [0.25, 0.3) is 0 Å². The van der Waals surface area contributed by atoms with Crippen molar-refractivity contribution in [3.8, 4) is 0 Å². The predicted octanol–water partition coefficient (Wildman–Crippen LogP) is 3.70. The molecule has 2 atom stereocenters. The van der Waals surface area contributed by atoms with Crippen molar-refractivity contribution in [2.75, 3.05) is 7.11 Å². The highest BCUT2D eigenvalue weighted by atomic mass is 35.5. The molecular weight excluding hydrogens is 351 g/mol. The topological polar surface area (TPSA) is 50.7 Å². The molecule has 0 bridgehead atoms. The van der Waals surface area contributed by atoms with E-state index >= 15 is 0 Å². The highest BCUT2D eigenvalue weighted by Gasteiger charge is 2.33. The minimum Gasteiger partial charge on any atom is -0.466 e. The van der Waals surface area contributed by atoms with Crippen molar-refractivity contribution in [2.24, 2.45) is 4.99 Å². The fourth-order valence-electron chi connectivity index (χ4n) is 2.71. The summed E-state index contributed by atoms with van der Waals surface area (Å²) in [5, 5.41) is 5.48. The summed E-state index contributed by atoms with van der Waals surface area (Å²) >= 11 is 7.81. The smallest absolute Gasteiger partial charge is 0.338 e. The van der Waals surface area contributed by atoms with Crippen LogP contribution >= 0.6 is 22.9 Å².